The molecule has 1 nitrogen and oxygen atoms in total. The molecule has 0 aliphatic carbocycles. The minimum absolute atomic E-state index is 0.291. The fourth-order valence-corrected chi connectivity index (χ4v) is 0.862. The molecule has 0 rings (SSSR count). The molecule has 0 unspecified atom stereocenters. The molecule has 38 valence electrons. The van der Waals surface area contributed by atoms with Crippen molar-refractivity contribution in [2.24, 2.45) is 0 Å². The second kappa shape index (κ2) is 4.14. The number of rotatable bonds is 2. The Morgan fingerprint density at radius 3 is 1.67 bits per heavy atom. The highest BCUT2D eigenvalue weighted by Gasteiger charge is 1.94. The van der Waals surface area contributed by atoms with Crippen LogP contribution in [-0.4, -0.2) is 16.1 Å². The Kier molecular flexibility index (Phi) is 4.81. The van der Waals surface area contributed by atoms with Gasteiger partial charge >= 0.3 is 0 Å². The van der Waals surface area contributed by atoms with Crippen molar-refractivity contribution < 1.29 is 4.89 Å². The van der Waals surface area contributed by atoms with E-state index in [1.165, 1.54) is 0 Å². The zero-order chi connectivity index (χ0) is 4.99. The normalized spacial score (nSPS) is 10.0. The molecule has 6 heavy (non-hydrogen) atoms. The van der Waals surface area contributed by atoms with E-state index in [0.717, 1.165) is 0 Å². The molecular formula is C2H5Cl2OP. The Morgan fingerprint density at radius 2 is 1.67 bits per heavy atom. The van der Waals surface area contributed by atoms with Gasteiger partial charge in [-0.15, -0.1) is 23.2 Å². The molecule has 0 saturated heterocycles. The van der Waals surface area contributed by atoms with Gasteiger partial charge in [-0.25, -0.2) is 0 Å². The predicted molar refractivity (Wildman–Crippen MR) is 30.6 cm³/mol. The summed E-state index contributed by atoms with van der Waals surface area (Å²) in [5.74, 6) is 0. The van der Waals surface area contributed by atoms with Crippen LogP contribution in [0.15, 0.2) is 0 Å². The van der Waals surface area contributed by atoms with Crippen molar-refractivity contribution in [3.05, 3.63) is 0 Å². The fourth-order valence-electron chi connectivity index (χ4n) is 0.0319. The largest absolute Gasteiger partial charge is 0.371 e. The Morgan fingerprint density at radius 1 is 1.33 bits per heavy atom. The summed E-state index contributed by atoms with van der Waals surface area (Å²) in [6.07, 6.45) is 0. The summed E-state index contributed by atoms with van der Waals surface area (Å²) in [5, 5.41) is 0. The molecule has 0 aromatic carbocycles. The average molecular weight is 147 g/mol. The van der Waals surface area contributed by atoms with Gasteiger partial charge in [0.1, 0.15) is 0 Å². The van der Waals surface area contributed by atoms with E-state index in [-0.39, 0.29) is 0 Å². The lowest BCUT2D eigenvalue weighted by Crippen LogP contribution is -1.70. The molecule has 0 aromatic rings. The standard InChI is InChI=1S/C2H5Cl2OP/c3-1-6(5)2-4/h5H,1-2H2. The lowest BCUT2D eigenvalue weighted by Gasteiger charge is -1.94. The van der Waals surface area contributed by atoms with Crippen molar-refractivity contribution in [3.63, 3.8) is 0 Å². The summed E-state index contributed by atoms with van der Waals surface area (Å²) >= 11 is 10.3. The van der Waals surface area contributed by atoms with Crippen LogP contribution in [0.4, 0.5) is 0 Å². The third kappa shape index (κ3) is 3.17. The molecule has 0 aliphatic heterocycles. The van der Waals surface area contributed by atoms with Crippen molar-refractivity contribution >= 4 is 31.4 Å². The van der Waals surface area contributed by atoms with Crippen LogP contribution >= 0.6 is 31.4 Å². The van der Waals surface area contributed by atoms with Crippen LogP contribution in [0.3, 0.4) is 0 Å². The van der Waals surface area contributed by atoms with E-state index < -0.39 is 8.15 Å². The van der Waals surface area contributed by atoms with Crippen LogP contribution in [0.1, 0.15) is 0 Å². The predicted octanol–water partition coefficient (Wildman–Crippen LogP) is 1.77. The highest BCUT2D eigenvalue weighted by atomic mass is 35.5. The van der Waals surface area contributed by atoms with Crippen LogP contribution in [0.25, 0.3) is 0 Å². The minimum Gasteiger partial charge on any atom is -0.371 e. The third-order valence-electron chi connectivity index (χ3n) is 0.276. The summed E-state index contributed by atoms with van der Waals surface area (Å²) < 4.78 is 0. The van der Waals surface area contributed by atoms with Crippen LogP contribution in [0.5, 0.6) is 0 Å². The first-order valence-electron chi connectivity index (χ1n) is 1.37. The molecule has 0 bridgehead atoms. The molecule has 0 saturated carbocycles. The molecule has 0 spiro atoms. The first-order valence-corrected chi connectivity index (χ1v) is 4.10. The van der Waals surface area contributed by atoms with Gasteiger partial charge in [-0.05, 0) is 0 Å². The zero-order valence-corrected chi connectivity index (χ0v) is 5.47. The Labute approximate surface area is 48.1 Å². The zero-order valence-electron chi connectivity index (χ0n) is 3.06. The average Bonchev–Trinajstić information content (AvgIpc) is 1.65. The van der Waals surface area contributed by atoms with Gasteiger partial charge in [0, 0.05) is 0 Å². The van der Waals surface area contributed by atoms with E-state index in [2.05, 4.69) is 0 Å². The van der Waals surface area contributed by atoms with Gasteiger partial charge in [-0.1, -0.05) is 0 Å². The molecular weight excluding hydrogens is 142 g/mol. The number of hydrogen-bond acceptors (Lipinski definition) is 1. The van der Waals surface area contributed by atoms with Gasteiger partial charge in [0.05, 0.1) is 19.4 Å². The molecule has 0 radical (unpaired) electrons. The monoisotopic (exact) mass is 146 g/mol. The van der Waals surface area contributed by atoms with E-state index in [4.69, 9.17) is 28.1 Å². The summed E-state index contributed by atoms with van der Waals surface area (Å²) in [5.41, 5.74) is 0.581. The molecule has 4 heteroatoms. The van der Waals surface area contributed by atoms with Crippen molar-refractivity contribution in [1.82, 2.24) is 0 Å². The molecule has 0 fully saturated rings. The SMILES string of the molecule is OP(CCl)CCl. The topological polar surface area (TPSA) is 20.2 Å². The van der Waals surface area contributed by atoms with Crippen molar-refractivity contribution in [1.29, 1.82) is 0 Å². The number of alkyl halides is 2. The first kappa shape index (κ1) is 6.97. The number of halogens is 2. The maximum Gasteiger partial charge on any atom is 0.0676 e. The second-order valence-electron chi connectivity index (χ2n) is 0.745. The molecule has 0 heterocycles. The lowest BCUT2D eigenvalue weighted by atomic mass is 11.9. The fraction of sp³-hybridized carbons (Fsp3) is 1.00. The van der Waals surface area contributed by atoms with Crippen LogP contribution in [0.2, 0.25) is 0 Å². The maximum absolute atomic E-state index is 8.47. The Balaban J connectivity index is 2.75. The minimum atomic E-state index is -1.05. The molecule has 0 amide bonds. The van der Waals surface area contributed by atoms with Gasteiger partial charge in [0.2, 0.25) is 0 Å². The molecule has 0 atom stereocenters. The van der Waals surface area contributed by atoms with E-state index in [1.54, 1.807) is 0 Å². The summed E-state index contributed by atoms with van der Waals surface area (Å²) in [6.45, 7) is 0. The summed E-state index contributed by atoms with van der Waals surface area (Å²) in [6, 6.07) is 0. The Hall–Kier alpha value is 0.970. The first-order chi connectivity index (χ1) is 2.81. The van der Waals surface area contributed by atoms with Gasteiger partial charge in [-0.2, -0.15) is 0 Å². The van der Waals surface area contributed by atoms with E-state index in [1.807, 2.05) is 0 Å². The molecule has 1 N–H and O–H groups in total. The van der Waals surface area contributed by atoms with Crippen LogP contribution in [-0.2, 0) is 0 Å². The summed E-state index contributed by atoms with van der Waals surface area (Å²) in [7, 11) is -1.05. The highest BCUT2D eigenvalue weighted by molar-refractivity contribution is 7.55. The molecule has 0 aliphatic rings. The summed E-state index contributed by atoms with van der Waals surface area (Å²) in [4.78, 5) is 8.47. The van der Waals surface area contributed by atoms with Crippen molar-refractivity contribution in [3.8, 4) is 0 Å². The van der Waals surface area contributed by atoms with Crippen LogP contribution in [0, 0.1) is 0 Å². The Bertz CT molecular complexity index is 30.7. The third-order valence-corrected chi connectivity index (χ3v) is 2.48. The van der Waals surface area contributed by atoms with E-state index in [9.17, 15) is 0 Å². The van der Waals surface area contributed by atoms with Crippen molar-refractivity contribution in [2.75, 3.05) is 11.2 Å². The highest BCUT2D eigenvalue weighted by Crippen LogP contribution is 2.31. The van der Waals surface area contributed by atoms with Crippen molar-refractivity contribution in [2.45, 2.75) is 0 Å². The smallest absolute Gasteiger partial charge is 0.0676 e. The molecule has 0 aromatic heterocycles. The van der Waals surface area contributed by atoms with E-state index in [0.29, 0.717) is 11.2 Å². The van der Waals surface area contributed by atoms with Crippen LogP contribution < -0.4 is 0 Å². The van der Waals surface area contributed by atoms with E-state index >= 15 is 0 Å². The second-order valence-corrected chi connectivity index (χ2v) is 3.67. The maximum atomic E-state index is 8.47. The van der Waals surface area contributed by atoms with Gasteiger partial charge in [0.15, 0.2) is 0 Å². The lowest BCUT2D eigenvalue weighted by molar-refractivity contribution is 0.634. The quantitative estimate of drug-likeness (QED) is 0.466. The number of hydrogen-bond donors (Lipinski definition) is 1. The van der Waals surface area contributed by atoms with Gasteiger partial charge < -0.3 is 4.89 Å². The van der Waals surface area contributed by atoms with Gasteiger partial charge in [0.25, 0.3) is 0 Å². The van der Waals surface area contributed by atoms with Gasteiger partial charge in [-0.3, -0.25) is 0 Å².